The SMILES string of the molecule is Nc1c(N(N)CC2CC2)ccc(C#CCO)c1Cl. The summed E-state index contributed by atoms with van der Waals surface area (Å²) in [5, 5.41) is 10.7. The highest BCUT2D eigenvalue weighted by Crippen LogP contribution is 2.35. The molecule has 1 fully saturated rings. The summed E-state index contributed by atoms with van der Waals surface area (Å²) in [5.74, 6) is 11.9. The number of nitrogens with zero attached hydrogens (tertiary/aromatic N) is 1. The van der Waals surface area contributed by atoms with E-state index in [9.17, 15) is 0 Å². The van der Waals surface area contributed by atoms with Crippen LogP contribution in [0.4, 0.5) is 11.4 Å². The Balaban J connectivity index is 2.24. The van der Waals surface area contributed by atoms with Gasteiger partial charge in [-0.2, -0.15) is 0 Å². The highest BCUT2D eigenvalue weighted by atomic mass is 35.5. The Morgan fingerprint density at radius 2 is 2.17 bits per heavy atom. The second-order valence-corrected chi connectivity index (χ2v) is 4.79. The number of hydrogen-bond donors (Lipinski definition) is 3. The fourth-order valence-corrected chi connectivity index (χ4v) is 1.95. The standard InChI is InChI=1S/C13H16ClN3O/c14-12-10(2-1-7-18)5-6-11(13(12)15)17(16)8-9-3-4-9/h5-6,9,18H,3-4,7-8,15-16H2. The number of anilines is 2. The molecular weight excluding hydrogens is 250 g/mol. The minimum absolute atomic E-state index is 0.206. The lowest BCUT2D eigenvalue weighted by Gasteiger charge is -2.21. The van der Waals surface area contributed by atoms with Crippen LogP contribution in [0, 0.1) is 17.8 Å². The molecule has 0 aromatic heterocycles. The monoisotopic (exact) mass is 265 g/mol. The molecule has 1 aromatic rings. The highest BCUT2D eigenvalue weighted by Gasteiger charge is 2.24. The van der Waals surface area contributed by atoms with Gasteiger partial charge in [0.25, 0.3) is 0 Å². The van der Waals surface area contributed by atoms with Crippen LogP contribution in [0.3, 0.4) is 0 Å². The number of aliphatic hydroxyl groups excluding tert-OH is 1. The van der Waals surface area contributed by atoms with Gasteiger partial charge in [0.15, 0.2) is 0 Å². The normalized spacial score (nSPS) is 13.9. The van der Waals surface area contributed by atoms with Crippen molar-refractivity contribution < 1.29 is 5.11 Å². The van der Waals surface area contributed by atoms with Gasteiger partial charge in [-0.15, -0.1) is 0 Å². The van der Waals surface area contributed by atoms with E-state index in [2.05, 4.69) is 11.8 Å². The first-order chi connectivity index (χ1) is 8.63. The molecule has 5 heteroatoms. The van der Waals surface area contributed by atoms with Crippen molar-refractivity contribution in [1.82, 2.24) is 0 Å². The maximum atomic E-state index is 8.66. The van der Waals surface area contributed by atoms with E-state index in [1.807, 2.05) is 6.07 Å². The van der Waals surface area contributed by atoms with Crippen molar-refractivity contribution in [2.45, 2.75) is 12.8 Å². The zero-order valence-corrected chi connectivity index (χ0v) is 10.7. The van der Waals surface area contributed by atoms with Crippen LogP contribution in [-0.4, -0.2) is 18.3 Å². The van der Waals surface area contributed by atoms with Crippen LogP contribution in [0.1, 0.15) is 18.4 Å². The van der Waals surface area contributed by atoms with E-state index in [-0.39, 0.29) is 6.61 Å². The summed E-state index contributed by atoms with van der Waals surface area (Å²) in [5.41, 5.74) is 7.73. The first-order valence-electron chi connectivity index (χ1n) is 5.83. The van der Waals surface area contributed by atoms with Crippen LogP contribution in [0.5, 0.6) is 0 Å². The molecule has 5 N–H and O–H groups in total. The number of halogens is 1. The Labute approximate surface area is 111 Å². The molecule has 96 valence electrons. The molecule has 1 saturated carbocycles. The van der Waals surface area contributed by atoms with Crippen LogP contribution < -0.4 is 16.6 Å². The van der Waals surface area contributed by atoms with E-state index in [4.69, 9.17) is 28.3 Å². The molecule has 1 aromatic carbocycles. The molecular formula is C13H16ClN3O. The maximum Gasteiger partial charge on any atom is 0.104 e. The molecule has 0 radical (unpaired) electrons. The number of hydrogen-bond acceptors (Lipinski definition) is 4. The summed E-state index contributed by atoms with van der Waals surface area (Å²) in [6.45, 7) is 0.588. The lowest BCUT2D eigenvalue weighted by atomic mass is 10.1. The van der Waals surface area contributed by atoms with E-state index in [0.717, 1.165) is 12.2 Å². The van der Waals surface area contributed by atoms with Crippen molar-refractivity contribution in [1.29, 1.82) is 0 Å². The second kappa shape index (κ2) is 5.49. The maximum absolute atomic E-state index is 8.66. The number of nitrogens with two attached hydrogens (primary N) is 2. The first-order valence-corrected chi connectivity index (χ1v) is 6.21. The van der Waals surface area contributed by atoms with Crippen molar-refractivity contribution >= 4 is 23.0 Å². The Morgan fingerprint density at radius 1 is 1.44 bits per heavy atom. The summed E-state index contributed by atoms with van der Waals surface area (Å²) >= 11 is 6.14. The van der Waals surface area contributed by atoms with Crippen LogP contribution in [0.15, 0.2) is 12.1 Å². The van der Waals surface area contributed by atoms with Crippen LogP contribution in [0.25, 0.3) is 0 Å². The molecule has 0 heterocycles. The van der Waals surface area contributed by atoms with Gasteiger partial charge in [0, 0.05) is 12.1 Å². The fourth-order valence-electron chi connectivity index (χ4n) is 1.74. The molecule has 0 spiro atoms. The number of nitrogen functional groups attached to an aromatic ring is 1. The summed E-state index contributed by atoms with van der Waals surface area (Å²) in [6.07, 6.45) is 2.45. The highest BCUT2D eigenvalue weighted by molar-refractivity contribution is 6.35. The molecule has 0 atom stereocenters. The van der Waals surface area contributed by atoms with Gasteiger partial charge in [-0.25, -0.2) is 5.84 Å². The third-order valence-electron chi connectivity index (χ3n) is 2.92. The van der Waals surface area contributed by atoms with Gasteiger partial charge in [0.05, 0.1) is 16.4 Å². The number of benzene rings is 1. The molecule has 0 saturated heterocycles. The topological polar surface area (TPSA) is 75.5 Å². The Bertz CT molecular complexity index is 503. The van der Waals surface area contributed by atoms with E-state index in [1.54, 1.807) is 11.1 Å². The molecule has 0 amide bonds. The van der Waals surface area contributed by atoms with Gasteiger partial charge in [-0.05, 0) is 30.9 Å². The summed E-state index contributed by atoms with van der Waals surface area (Å²) < 4.78 is 0. The van der Waals surface area contributed by atoms with Gasteiger partial charge in [0.2, 0.25) is 0 Å². The Kier molecular flexibility index (Phi) is 3.97. The molecule has 0 unspecified atom stereocenters. The van der Waals surface area contributed by atoms with E-state index in [0.29, 0.717) is 22.2 Å². The van der Waals surface area contributed by atoms with Crippen molar-refractivity contribution in [2.24, 2.45) is 11.8 Å². The average Bonchev–Trinajstić information content (AvgIpc) is 3.15. The molecule has 0 bridgehead atoms. The summed E-state index contributed by atoms with van der Waals surface area (Å²) in [6, 6.07) is 3.58. The zero-order valence-electron chi connectivity index (χ0n) is 9.99. The predicted octanol–water partition coefficient (Wildman–Crippen LogP) is 1.36. The van der Waals surface area contributed by atoms with E-state index >= 15 is 0 Å². The predicted molar refractivity (Wildman–Crippen MR) is 74.1 cm³/mol. The van der Waals surface area contributed by atoms with Crippen LogP contribution in [0.2, 0.25) is 5.02 Å². The van der Waals surface area contributed by atoms with Gasteiger partial charge in [-0.1, -0.05) is 23.4 Å². The van der Waals surface area contributed by atoms with Crippen molar-refractivity contribution in [3.05, 3.63) is 22.7 Å². The van der Waals surface area contributed by atoms with E-state index in [1.165, 1.54) is 12.8 Å². The van der Waals surface area contributed by atoms with Crippen molar-refractivity contribution in [2.75, 3.05) is 23.9 Å². The van der Waals surface area contributed by atoms with Gasteiger partial charge < -0.3 is 15.8 Å². The van der Waals surface area contributed by atoms with E-state index < -0.39 is 0 Å². The van der Waals surface area contributed by atoms with Gasteiger partial charge in [0.1, 0.15) is 6.61 Å². The lowest BCUT2D eigenvalue weighted by molar-refractivity contribution is 0.350. The minimum Gasteiger partial charge on any atom is -0.396 e. The number of rotatable bonds is 3. The quantitative estimate of drug-likeness (QED) is 0.334. The molecule has 4 nitrogen and oxygen atoms in total. The van der Waals surface area contributed by atoms with Crippen molar-refractivity contribution in [3.63, 3.8) is 0 Å². The molecule has 18 heavy (non-hydrogen) atoms. The summed E-state index contributed by atoms with van der Waals surface area (Å²) in [4.78, 5) is 0. The van der Waals surface area contributed by atoms with Crippen LogP contribution in [-0.2, 0) is 0 Å². The van der Waals surface area contributed by atoms with Gasteiger partial charge in [-0.3, -0.25) is 0 Å². The lowest BCUT2D eigenvalue weighted by Crippen LogP contribution is -2.33. The van der Waals surface area contributed by atoms with Crippen LogP contribution >= 0.6 is 11.6 Å². The molecule has 0 aliphatic heterocycles. The third-order valence-corrected chi connectivity index (χ3v) is 3.33. The smallest absolute Gasteiger partial charge is 0.104 e. The van der Waals surface area contributed by atoms with Gasteiger partial charge >= 0.3 is 0 Å². The Hall–Kier alpha value is -1.41. The first kappa shape index (κ1) is 13.0. The molecule has 2 rings (SSSR count). The minimum atomic E-state index is -0.206. The largest absolute Gasteiger partial charge is 0.396 e. The summed E-state index contributed by atoms with van der Waals surface area (Å²) in [7, 11) is 0. The fraction of sp³-hybridized carbons (Fsp3) is 0.385. The third kappa shape index (κ3) is 2.88. The average molecular weight is 266 g/mol. The number of hydrazine groups is 1. The van der Waals surface area contributed by atoms with Crippen molar-refractivity contribution in [3.8, 4) is 11.8 Å². The second-order valence-electron chi connectivity index (χ2n) is 4.42. The zero-order chi connectivity index (χ0) is 13.1. The Morgan fingerprint density at radius 3 is 2.78 bits per heavy atom. The molecule has 1 aliphatic rings. The number of aliphatic hydroxyl groups is 1. The molecule has 1 aliphatic carbocycles.